The standard InChI is InChI=1S/C17H16Cl2O5S/c1-2-25(22,23)13-6-7-15(14(19)10-13)24-16-9-12(18)5-3-11(16)4-8-17(20)21/h3,5-7,9-10H,2,4,8H2,1H3,(H,20,21). The lowest BCUT2D eigenvalue weighted by Crippen LogP contribution is -2.03. The highest BCUT2D eigenvalue weighted by molar-refractivity contribution is 7.91. The molecule has 0 aliphatic rings. The van der Waals surface area contributed by atoms with Crippen LogP contribution in [0, 0.1) is 0 Å². The number of carboxylic acids is 1. The third kappa shape index (κ3) is 5.11. The maximum absolute atomic E-state index is 11.9. The van der Waals surface area contributed by atoms with Gasteiger partial charge in [0.25, 0.3) is 0 Å². The largest absolute Gasteiger partial charge is 0.481 e. The highest BCUT2D eigenvalue weighted by atomic mass is 35.5. The van der Waals surface area contributed by atoms with Crippen molar-refractivity contribution in [2.24, 2.45) is 0 Å². The molecule has 2 rings (SSSR count). The second kappa shape index (κ2) is 8.08. The van der Waals surface area contributed by atoms with Gasteiger partial charge in [0.15, 0.2) is 9.84 Å². The summed E-state index contributed by atoms with van der Waals surface area (Å²) in [4.78, 5) is 10.9. The first-order chi connectivity index (χ1) is 11.7. The summed E-state index contributed by atoms with van der Waals surface area (Å²) in [6.45, 7) is 1.55. The maximum Gasteiger partial charge on any atom is 0.303 e. The Labute approximate surface area is 156 Å². The average molecular weight is 403 g/mol. The van der Waals surface area contributed by atoms with Crippen molar-refractivity contribution < 1.29 is 23.1 Å². The number of hydrogen-bond donors (Lipinski definition) is 1. The van der Waals surface area contributed by atoms with Crippen LogP contribution in [0.4, 0.5) is 0 Å². The van der Waals surface area contributed by atoms with Crippen molar-refractivity contribution in [3.8, 4) is 11.5 Å². The van der Waals surface area contributed by atoms with Crippen LogP contribution in [-0.4, -0.2) is 25.2 Å². The number of sulfone groups is 1. The fourth-order valence-electron chi connectivity index (χ4n) is 2.11. The topological polar surface area (TPSA) is 80.7 Å². The van der Waals surface area contributed by atoms with E-state index in [9.17, 15) is 13.2 Å². The Morgan fingerprint density at radius 1 is 1.12 bits per heavy atom. The van der Waals surface area contributed by atoms with Crippen molar-refractivity contribution >= 4 is 39.0 Å². The smallest absolute Gasteiger partial charge is 0.303 e. The quantitative estimate of drug-likeness (QED) is 0.731. The van der Waals surface area contributed by atoms with Gasteiger partial charge >= 0.3 is 5.97 Å². The van der Waals surface area contributed by atoms with Crippen LogP contribution in [0.25, 0.3) is 0 Å². The summed E-state index contributed by atoms with van der Waals surface area (Å²) in [5.41, 5.74) is 0.660. The van der Waals surface area contributed by atoms with E-state index in [0.717, 1.165) is 0 Å². The molecule has 0 bridgehead atoms. The molecule has 0 amide bonds. The molecular weight excluding hydrogens is 387 g/mol. The van der Waals surface area contributed by atoms with Gasteiger partial charge in [-0.2, -0.15) is 0 Å². The monoisotopic (exact) mass is 402 g/mol. The molecule has 0 atom stereocenters. The van der Waals surface area contributed by atoms with Crippen molar-refractivity contribution in [1.29, 1.82) is 0 Å². The Morgan fingerprint density at radius 2 is 1.84 bits per heavy atom. The number of benzene rings is 2. The van der Waals surface area contributed by atoms with Gasteiger partial charge in [-0.3, -0.25) is 4.79 Å². The molecule has 0 saturated heterocycles. The van der Waals surface area contributed by atoms with E-state index in [-0.39, 0.29) is 34.3 Å². The van der Waals surface area contributed by atoms with Crippen LogP contribution in [0.1, 0.15) is 18.9 Å². The summed E-state index contributed by atoms with van der Waals surface area (Å²) in [6, 6.07) is 9.10. The number of carbonyl (C=O) groups is 1. The lowest BCUT2D eigenvalue weighted by Gasteiger charge is -2.13. The minimum absolute atomic E-state index is 0.0306. The molecule has 0 radical (unpaired) electrons. The van der Waals surface area contributed by atoms with Crippen LogP contribution < -0.4 is 4.74 Å². The van der Waals surface area contributed by atoms with Gasteiger partial charge in [0.2, 0.25) is 0 Å². The van der Waals surface area contributed by atoms with Crippen molar-refractivity contribution in [2.45, 2.75) is 24.7 Å². The molecular formula is C17H16Cl2O5S. The Kier molecular flexibility index (Phi) is 6.32. The van der Waals surface area contributed by atoms with E-state index < -0.39 is 15.8 Å². The number of aryl methyl sites for hydroxylation is 1. The summed E-state index contributed by atoms with van der Waals surface area (Å²) in [6.07, 6.45) is 0.209. The number of ether oxygens (including phenoxy) is 1. The summed E-state index contributed by atoms with van der Waals surface area (Å²) in [5, 5.41) is 9.40. The molecule has 0 fully saturated rings. The molecule has 0 unspecified atom stereocenters. The molecule has 1 N–H and O–H groups in total. The van der Waals surface area contributed by atoms with E-state index in [0.29, 0.717) is 16.3 Å². The average Bonchev–Trinajstić information content (AvgIpc) is 2.55. The first-order valence-electron chi connectivity index (χ1n) is 7.43. The summed E-state index contributed by atoms with van der Waals surface area (Å²) in [5.74, 6) is -0.317. The van der Waals surface area contributed by atoms with Crippen LogP contribution in [-0.2, 0) is 21.1 Å². The Bertz CT molecular complexity index is 894. The van der Waals surface area contributed by atoms with Crippen molar-refractivity contribution in [1.82, 2.24) is 0 Å². The van der Waals surface area contributed by atoms with E-state index >= 15 is 0 Å². The first kappa shape index (κ1) is 19.6. The van der Waals surface area contributed by atoms with Gasteiger partial charge in [0, 0.05) is 11.4 Å². The molecule has 25 heavy (non-hydrogen) atoms. The van der Waals surface area contributed by atoms with Crippen LogP contribution in [0.5, 0.6) is 11.5 Å². The third-order valence-corrected chi connectivity index (χ3v) is 5.76. The number of hydrogen-bond acceptors (Lipinski definition) is 4. The molecule has 134 valence electrons. The SMILES string of the molecule is CCS(=O)(=O)c1ccc(Oc2cc(Cl)ccc2CCC(=O)O)c(Cl)c1. The number of carboxylic acid groups (broad SMARTS) is 1. The van der Waals surface area contributed by atoms with E-state index in [4.69, 9.17) is 33.0 Å². The summed E-state index contributed by atoms with van der Waals surface area (Å²) < 4.78 is 29.5. The minimum atomic E-state index is -3.37. The fourth-order valence-corrected chi connectivity index (χ4v) is 3.47. The molecule has 0 aliphatic heterocycles. The fraction of sp³-hybridized carbons (Fsp3) is 0.235. The Hall–Kier alpha value is -1.76. The molecule has 5 nitrogen and oxygen atoms in total. The molecule has 0 spiro atoms. The van der Waals surface area contributed by atoms with Gasteiger partial charge in [-0.15, -0.1) is 0 Å². The second-order valence-corrected chi connectivity index (χ2v) is 8.37. The third-order valence-electron chi connectivity index (χ3n) is 3.50. The molecule has 8 heteroatoms. The Balaban J connectivity index is 2.33. The van der Waals surface area contributed by atoms with Gasteiger partial charge in [-0.25, -0.2) is 8.42 Å². The maximum atomic E-state index is 11.9. The molecule has 0 aliphatic carbocycles. The van der Waals surface area contributed by atoms with Gasteiger partial charge in [-0.05, 0) is 42.3 Å². The molecule has 0 saturated carbocycles. The zero-order valence-electron chi connectivity index (χ0n) is 13.3. The van der Waals surface area contributed by atoms with Gasteiger partial charge in [0.05, 0.1) is 15.7 Å². The van der Waals surface area contributed by atoms with Gasteiger partial charge < -0.3 is 9.84 Å². The van der Waals surface area contributed by atoms with Crippen molar-refractivity contribution in [3.63, 3.8) is 0 Å². The Morgan fingerprint density at radius 3 is 2.44 bits per heavy atom. The van der Waals surface area contributed by atoms with Crippen molar-refractivity contribution in [2.75, 3.05) is 5.75 Å². The normalized spacial score (nSPS) is 11.3. The second-order valence-electron chi connectivity index (χ2n) is 5.24. The predicted molar refractivity (Wildman–Crippen MR) is 96.7 cm³/mol. The number of halogens is 2. The highest BCUT2D eigenvalue weighted by Crippen LogP contribution is 2.34. The highest BCUT2D eigenvalue weighted by Gasteiger charge is 2.15. The van der Waals surface area contributed by atoms with E-state index in [2.05, 4.69) is 0 Å². The predicted octanol–water partition coefficient (Wildman–Crippen LogP) is 4.60. The zero-order chi connectivity index (χ0) is 18.6. The summed E-state index contributed by atoms with van der Waals surface area (Å²) in [7, 11) is -3.37. The molecule has 2 aromatic carbocycles. The zero-order valence-corrected chi connectivity index (χ0v) is 15.7. The van der Waals surface area contributed by atoms with Crippen molar-refractivity contribution in [3.05, 3.63) is 52.0 Å². The lowest BCUT2D eigenvalue weighted by atomic mass is 10.1. The molecule has 2 aromatic rings. The molecule has 0 aromatic heterocycles. The summed E-state index contributed by atoms with van der Waals surface area (Å²) >= 11 is 12.1. The van der Waals surface area contributed by atoms with Crippen LogP contribution in [0.3, 0.4) is 0 Å². The van der Waals surface area contributed by atoms with Gasteiger partial charge in [-0.1, -0.05) is 36.2 Å². The number of aliphatic carboxylic acids is 1. The van der Waals surface area contributed by atoms with Crippen LogP contribution in [0.2, 0.25) is 10.0 Å². The van der Waals surface area contributed by atoms with E-state index in [1.54, 1.807) is 25.1 Å². The van der Waals surface area contributed by atoms with E-state index in [1.807, 2.05) is 0 Å². The van der Waals surface area contributed by atoms with Crippen LogP contribution >= 0.6 is 23.2 Å². The number of rotatable bonds is 7. The van der Waals surface area contributed by atoms with Crippen LogP contribution in [0.15, 0.2) is 41.3 Å². The minimum Gasteiger partial charge on any atom is -0.481 e. The van der Waals surface area contributed by atoms with E-state index in [1.165, 1.54) is 18.2 Å². The molecule has 0 heterocycles. The lowest BCUT2D eigenvalue weighted by molar-refractivity contribution is -0.136. The first-order valence-corrected chi connectivity index (χ1v) is 9.84. The van der Waals surface area contributed by atoms with Gasteiger partial charge in [0.1, 0.15) is 11.5 Å².